The summed E-state index contributed by atoms with van der Waals surface area (Å²) in [6.45, 7) is 2.31. The van der Waals surface area contributed by atoms with Gasteiger partial charge in [-0.05, 0) is 62.4 Å². The van der Waals surface area contributed by atoms with Crippen molar-refractivity contribution in [3.05, 3.63) is 75.9 Å². The summed E-state index contributed by atoms with van der Waals surface area (Å²) in [6, 6.07) is 7.12. The smallest absolute Gasteiger partial charge is 0.419 e. The first-order valence-electron chi connectivity index (χ1n) is 14.9. The molecule has 1 saturated carbocycles. The van der Waals surface area contributed by atoms with Crippen molar-refractivity contribution >= 4 is 45.9 Å². The molecule has 1 aliphatic carbocycles. The van der Waals surface area contributed by atoms with E-state index in [4.69, 9.17) is 4.74 Å². The molecule has 3 aliphatic rings. The van der Waals surface area contributed by atoms with Crippen LogP contribution in [0.2, 0.25) is 0 Å². The molecule has 2 N–H and O–H groups in total. The minimum absolute atomic E-state index is 0.0355. The lowest BCUT2D eigenvalue weighted by Crippen LogP contribution is -2.42. The fourth-order valence-electron chi connectivity index (χ4n) is 6.08. The zero-order chi connectivity index (χ0) is 32.0. The molecule has 2 aliphatic heterocycles. The van der Waals surface area contributed by atoms with E-state index < -0.39 is 29.1 Å². The van der Waals surface area contributed by atoms with E-state index in [1.54, 1.807) is 29.8 Å². The molecule has 2 aromatic carbocycles. The third-order valence-corrected chi connectivity index (χ3v) is 8.62. The van der Waals surface area contributed by atoms with Crippen molar-refractivity contribution in [3.8, 4) is 0 Å². The largest absolute Gasteiger partial charge is 0.477 e. The van der Waals surface area contributed by atoms with Crippen molar-refractivity contribution in [1.82, 2.24) is 9.88 Å². The molecular formula is C32H33F2N5O6. The number of cyclic esters (lactones) is 1. The molecule has 1 unspecified atom stereocenters. The number of ether oxygens (including phenoxy) is 1. The maximum atomic E-state index is 15.7. The Balaban J connectivity index is 1.26. The van der Waals surface area contributed by atoms with Gasteiger partial charge in [0.05, 0.1) is 29.1 Å². The summed E-state index contributed by atoms with van der Waals surface area (Å²) in [6.07, 6.45) is 6.01. The molecular weight excluding hydrogens is 588 g/mol. The number of carbonyl (C=O) groups excluding carboxylic acids is 2. The lowest BCUT2D eigenvalue weighted by atomic mass is 10.1. The number of anilines is 3. The van der Waals surface area contributed by atoms with Crippen LogP contribution in [-0.2, 0) is 9.53 Å². The van der Waals surface area contributed by atoms with Crippen LogP contribution in [0.5, 0.6) is 0 Å². The Kier molecular flexibility index (Phi) is 7.94. The number of halogens is 2. The van der Waals surface area contributed by atoms with Crippen molar-refractivity contribution < 1.29 is 33.0 Å². The van der Waals surface area contributed by atoms with Gasteiger partial charge in [-0.3, -0.25) is 14.5 Å². The third kappa shape index (κ3) is 5.94. The van der Waals surface area contributed by atoms with Crippen LogP contribution in [0.1, 0.15) is 55.4 Å². The van der Waals surface area contributed by atoms with E-state index in [9.17, 15) is 24.3 Å². The molecule has 1 atom stereocenters. The first-order valence-corrected chi connectivity index (χ1v) is 14.9. The summed E-state index contributed by atoms with van der Waals surface area (Å²) >= 11 is 0. The van der Waals surface area contributed by atoms with Crippen LogP contribution in [0.3, 0.4) is 0 Å². The fourth-order valence-corrected chi connectivity index (χ4v) is 6.08. The van der Waals surface area contributed by atoms with Gasteiger partial charge in [0.1, 0.15) is 23.0 Å². The predicted octanol–water partition coefficient (Wildman–Crippen LogP) is 4.74. The number of fused-ring (bicyclic) bond motifs is 1. The minimum atomic E-state index is -1.34. The van der Waals surface area contributed by atoms with Crippen molar-refractivity contribution in [2.24, 2.45) is 0 Å². The Morgan fingerprint density at radius 1 is 1.09 bits per heavy atom. The van der Waals surface area contributed by atoms with Gasteiger partial charge in [-0.1, -0.05) is 0 Å². The second-order valence-corrected chi connectivity index (χ2v) is 11.7. The maximum Gasteiger partial charge on any atom is 0.419 e. The number of nitrogens with one attached hydrogen (secondary N) is 1. The van der Waals surface area contributed by atoms with Gasteiger partial charge in [0, 0.05) is 56.9 Å². The van der Waals surface area contributed by atoms with Crippen LogP contribution in [0.15, 0.2) is 53.3 Å². The number of carboxylic acids is 1. The standard InChI is InChI=1S/C32H33F2N5O6/c1-18(40)35-14-22-16-39(32(44)45-22)20-8-9-27(25(33)11-20)36(2)21-5-3-4-10-37(15-21)29-13-28-23(12-26(29)34)30(41)24(31(42)43)17-38(28)19-6-7-19/h8-9,11-14,17,19,21H,3-7,10,15-16H2,1-2H3,(H,35,40)(H,42,43)/b22-14-. The van der Waals surface area contributed by atoms with Crippen molar-refractivity contribution in [2.75, 3.05) is 41.4 Å². The number of nitrogens with zero attached hydrogens (tertiary/aromatic N) is 4. The van der Waals surface area contributed by atoms with E-state index >= 15 is 8.78 Å². The number of rotatable bonds is 7. The normalized spacial score (nSPS) is 19.5. The first kappa shape index (κ1) is 30.1. The number of benzene rings is 2. The van der Waals surface area contributed by atoms with Gasteiger partial charge < -0.3 is 29.5 Å². The minimum Gasteiger partial charge on any atom is -0.477 e. The number of aromatic carboxylic acids is 1. The molecule has 3 heterocycles. The van der Waals surface area contributed by atoms with Crippen molar-refractivity contribution in [3.63, 3.8) is 0 Å². The molecule has 236 valence electrons. The van der Waals surface area contributed by atoms with E-state index in [0.717, 1.165) is 38.2 Å². The highest BCUT2D eigenvalue weighted by atomic mass is 19.1. The van der Waals surface area contributed by atoms with Gasteiger partial charge in [0.2, 0.25) is 11.3 Å². The highest BCUT2D eigenvalue weighted by Gasteiger charge is 2.31. The Bertz CT molecular complexity index is 1800. The maximum absolute atomic E-state index is 15.7. The number of carboxylic acid groups (broad SMARTS) is 1. The highest BCUT2D eigenvalue weighted by Crippen LogP contribution is 2.39. The molecule has 0 bridgehead atoms. The molecule has 2 saturated heterocycles. The van der Waals surface area contributed by atoms with E-state index in [1.807, 2.05) is 9.80 Å². The Morgan fingerprint density at radius 2 is 1.87 bits per heavy atom. The molecule has 13 heteroatoms. The zero-order valence-corrected chi connectivity index (χ0v) is 24.9. The van der Waals surface area contributed by atoms with E-state index in [2.05, 4.69) is 5.32 Å². The lowest BCUT2D eigenvalue weighted by molar-refractivity contribution is -0.118. The van der Waals surface area contributed by atoms with Crippen LogP contribution < -0.4 is 25.4 Å². The molecule has 45 heavy (non-hydrogen) atoms. The predicted molar refractivity (Wildman–Crippen MR) is 164 cm³/mol. The number of hydrogen-bond donors (Lipinski definition) is 2. The number of pyridine rings is 1. The van der Waals surface area contributed by atoms with Crippen LogP contribution in [-0.4, -0.2) is 60.4 Å². The van der Waals surface area contributed by atoms with Crippen LogP contribution in [0.4, 0.5) is 30.6 Å². The summed E-state index contributed by atoms with van der Waals surface area (Å²) < 4.78 is 38.2. The Labute approximate surface area is 257 Å². The van der Waals surface area contributed by atoms with E-state index in [1.165, 1.54) is 30.3 Å². The van der Waals surface area contributed by atoms with Crippen LogP contribution in [0, 0.1) is 11.6 Å². The summed E-state index contributed by atoms with van der Waals surface area (Å²) in [4.78, 5) is 53.2. The average molecular weight is 622 g/mol. The monoisotopic (exact) mass is 621 g/mol. The van der Waals surface area contributed by atoms with Crippen LogP contribution >= 0.6 is 0 Å². The molecule has 11 nitrogen and oxygen atoms in total. The first-order chi connectivity index (χ1) is 21.5. The third-order valence-electron chi connectivity index (χ3n) is 8.62. The number of carbonyl (C=O) groups is 3. The van der Waals surface area contributed by atoms with Gasteiger partial charge >= 0.3 is 12.1 Å². The summed E-state index contributed by atoms with van der Waals surface area (Å²) in [5.74, 6) is -2.59. The van der Waals surface area contributed by atoms with Crippen molar-refractivity contribution in [1.29, 1.82) is 0 Å². The van der Waals surface area contributed by atoms with Crippen molar-refractivity contribution in [2.45, 2.75) is 51.1 Å². The molecule has 1 aromatic heterocycles. The van der Waals surface area contributed by atoms with Gasteiger partial charge in [-0.2, -0.15) is 0 Å². The molecule has 6 rings (SSSR count). The fraction of sp³-hybridized carbons (Fsp3) is 0.375. The Morgan fingerprint density at radius 3 is 2.56 bits per heavy atom. The quantitative estimate of drug-likeness (QED) is 0.388. The lowest BCUT2D eigenvalue weighted by Gasteiger charge is -2.34. The number of likely N-dealkylation sites (N-methyl/N-ethyl adjacent to an activating group) is 1. The second-order valence-electron chi connectivity index (χ2n) is 11.7. The Hall–Kier alpha value is -4.94. The summed E-state index contributed by atoms with van der Waals surface area (Å²) in [5, 5.41) is 12.0. The zero-order valence-electron chi connectivity index (χ0n) is 24.9. The van der Waals surface area contributed by atoms with Gasteiger partial charge in [0.15, 0.2) is 0 Å². The molecule has 0 spiro atoms. The number of hydrogen-bond acceptors (Lipinski definition) is 7. The second kappa shape index (κ2) is 11.9. The molecule has 0 radical (unpaired) electrons. The SMILES string of the molecule is CC(=O)N/C=C1/CN(c2ccc(N(C)C3CCCCN(c4cc5c(cc4F)c(=O)c(C(=O)O)cn5C4CC4)C3)c(F)c2)C(=O)O1. The van der Waals surface area contributed by atoms with Gasteiger partial charge in [0.25, 0.3) is 0 Å². The molecule has 3 fully saturated rings. The molecule has 3 aromatic rings. The highest BCUT2D eigenvalue weighted by molar-refractivity contribution is 5.94. The molecule has 2 amide bonds. The number of aromatic nitrogens is 1. The average Bonchev–Trinajstić information content (AvgIpc) is 3.81. The topological polar surface area (TPSA) is 124 Å². The van der Waals surface area contributed by atoms with Crippen LogP contribution in [0.25, 0.3) is 10.9 Å². The summed E-state index contributed by atoms with van der Waals surface area (Å²) in [7, 11) is 1.78. The van der Waals surface area contributed by atoms with E-state index in [0.29, 0.717) is 35.7 Å². The van der Waals surface area contributed by atoms with Gasteiger partial charge in [-0.25, -0.2) is 18.4 Å². The van der Waals surface area contributed by atoms with Gasteiger partial charge in [-0.15, -0.1) is 0 Å². The van der Waals surface area contributed by atoms with E-state index in [-0.39, 0.29) is 41.2 Å². The summed E-state index contributed by atoms with van der Waals surface area (Å²) in [5.41, 5.74) is 0.328. The number of amides is 2.